The molecule has 0 saturated carbocycles. The summed E-state index contributed by atoms with van der Waals surface area (Å²) in [5.41, 5.74) is 9.07. The molecule has 1 rings (SSSR count). The third kappa shape index (κ3) is 5.09. The van der Waals surface area contributed by atoms with Gasteiger partial charge >= 0.3 is 0 Å². The van der Waals surface area contributed by atoms with E-state index in [1.807, 2.05) is 37.3 Å². The number of anilines is 1. The normalized spacial score (nSPS) is 12.4. The summed E-state index contributed by atoms with van der Waals surface area (Å²) >= 11 is 5.01. The number of para-hydroxylation sites is 1. The summed E-state index contributed by atoms with van der Waals surface area (Å²) in [6.45, 7) is 1.83. The van der Waals surface area contributed by atoms with Crippen LogP contribution < -0.4 is 16.5 Å². The molecule has 4 N–H and O–H groups in total. The fourth-order valence-corrected chi connectivity index (χ4v) is 1.06. The Bertz CT molecular complexity index is 335. The fourth-order valence-electron chi connectivity index (χ4n) is 0.894. The topological polar surface area (TPSA) is 62.4 Å². The number of nitrogens with zero attached hydrogens (tertiary/aromatic N) is 1. The standard InChI is InChI=1S/C10H14N4S/c1-8(11)7-12-14-10(15)13-9-5-3-2-4-6-9/h2-8H,11H2,1H3,(H2,13,14,15). The van der Waals surface area contributed by atoms with Crippen molar-refractivity contribution in [1.29, 1.82) is 0 Å². The highest BCUT2D eigenvalue weighted by molar-refractivity contribution is 7.80. The number of thiocarbonyl (C=S) groups is 1. The number of nitrogens with one attached hydrogen (secondary N) is 2. The summed E-state index contributed by atoms with van der Waals surface area (Å²) < 4.78 is 0. The first kappa shape index (κ1) is 11.6. The molecule has 0 aliphatic heterocycles. The molecule has 1 aromatic rings. The smallest absolute Gasteiger partial charge is 0.191 e. The zero-order chi connectivity index (χ0) is 11.1. The van der Waals surface area contributed by atoms with E-state index in [4.69, 9.17) is 18.0 Å². The lowest BCUT2D eigenvalue weighted by atomic mass is 10.3. The van der Waals surface area contributed by atoms with Crippen LogP contribution in [-0.4, -0.2) is 17.4 Å². The number of rotatable bonds is 3. The minimum absolute atomic E-state index is 0.0861. The van der Waals surface area contributed by atoms with Gasteiger partial charge in [-0.1, -0.05) is 18.2 Å². The zero-order valence-corrected chi connectivity index (χ0v) is 9.29. The Hall–Kier alpha value is -1.46. The Balaban J connectivity index is 2.37. The molecule has 0 aliphatic rings. The minimum Gasteiger partial charge on any atom is -0.331 e. The number of hydrogen-bond acceptors (Lipinski definition) is 3. The Morgan fingerprint density at radius 2 is 2.13 bits per heavy atom. The van der Waals surface area contributed by atoms with E-state index in [0.717, 1.165) is 5.69 Å². The van der Waals surface area contributed by atoms with Gasteiger partial charge in [-0.3, -0.25) is 5.43 Å². The molecule has 0 aromatic heterocycles. The predicted octanol–water partition coefficient (Wildman–Crippen LogP) is 1.31. The van der Waals surface area contributed by atoms with E-state index in [1.165, 1.54) is 0 Å². The Labute approximate surface area is 94.6 Å². The summed E-state index contributed by atoms with van der Waals surface area (Å²) in [5.74, 6) is 0. The molecule has 80 valence electrons. The molecule has 5 heteroatoms. The average molecular weight is 222 g/mol. The van der Waals surface area contributed by atoms with Crippen LogP contribution in [0.3, 0.4) is 0 Å². The Morgan fingerprint density at radius 1 is 1.47 bits per heavy atom. The molecule has 0 bridgehead atoms. The van der Waals surface area contributed by atoms with E-state index in [9.17, 15) is 0 Å². The van der Waals surface area contributed by atoms with Crippen molar-refractivity contribution in [1.82, 2.24) is 5.43 Å². The van der Waals surface area contributed by atoms with E-state index in [2.05, 4.69) is 15.8 Å². The predicted molar refractivity (Wildman–Crippen MR) is 67.9 cm³/mol. The lowest BCUT2D eigenvalue weighted by Crippen LogP contribution is -2.26. The van der Waals surface area contributed by atoms with Crippen molar-refractivity contribution in [3.8, 4) is 0 Å². The summed E-state index contributed by atoms with van der Waals surface area (Å²) in [4.78, 5) is 0. The summed E-state index contributed by atoms with van der Waals surface area (Å²) in [5, 5.41) is 7.29. The van der Waals surface area contributed by atoms with Gasteiger partial charge < -0.3 is 11.1 Å². The third-order valence-electron chi connectivity index (χ3n) is 1.51. The summed E-state index contributed by atoms with van der Waals surface area (Å²) in [7, 11) is 0. The summed E-state index contributed by atoms with van der Waals surface area (Å²) in [6.07, 6.45) is 1.58. The van der Waals surface area contributed by atoms with E-state index in [0.29, 0.717) is 5.11 Å². The average Bonchev–Trinajstić information content (AvgIpc) is 2.18. The van der Waals surface area contributed by atoms with E-state index >= 15 is 0 Å². The SMILES string of the molecule is CC(N)C=NNC(=S)Nc1ccccc1. The van der Waals surface area contributed by atoms with Gasteiger partial charge in [0.1, 0.15) is 0 Å². The van der Waals surface area contributed by atoms with Gasteiger partial charge in [0.05, 0.1) is 0 Å². The van der Waals surface area contributed by atoms with E-state index in [1.54, 1.807) is 6.21 Å². The van der Waals surface area contributed by atoms with Crippen LogP contribution in [0.1, 0.15) is 6.92 Å². The molecule has 0 radical (unpaired) electrons. The molecular weight excluding hydrogens is 208 g/mol. The van der Waals surface area contributed by atoms with Crippen LogP contribution in [0.4, 0.5) is 5.69 Å². The molecule has 0 spiro atoms. The fraction of sp³-hybridized carbons (Fsp3) is 0.200. The van der Waals surface area contributed by atoms with Crippen LogP contribution in [0.15, 0.2) is 35.4 Å². The molecule has 1 atom stereocenters. The van der Waals surface area contributed by atoms with Gasteiger partial charge in [0.15, 0.2) is 5.11 Å². The van der Waals surface area contributed by atoms with Crippen molar-refractivity contribution >= 4 is 29.2 Å². The minimum atomic E-state index is -0.0861. The second-order valence-corrected chi connectivity index (χ2v) is 3.48. The van der Waals surface area contributed by atoms with Crippen molar-refractivity contribution in [2.24, 2.45) is 10.8 Å². The molecule has 0 amide bonds. The molecular formula is C10H14N4S. The van der Waals surface area contributed by atoms with Crippen LogP contribution in [0.5, 0.6) is 0 Å². The molecule has 1 unspecified atom stereocenters. The molecule has 0 fully saturated rings. The van der Waals surface area contributed by atoms with Crippen molar-refractivity contribution < 1.29 is 0 Å². The van der Waals surface area contributed by atoms with Crippen LogP contribution in [0.25, 0.3) is 0 Å². The van der Waals surface area contributed by atoms with Gasteiger partial charge in [0.2, 0.25) is 0 Å². The van der Waals surface area contributed by atoms with Crippen LogP contribution >= 0.6 is 12.2 Å². The highest BCUT2D eigenvalue weighted by Gasteiger charge is 1.93. The maximum Gasteiger partial charge on any atom is 0.191 e. The van der Waals surface area contributed by atoms with Gasteiger partial charge in [0.25, 0.3) is 0 Å². The second kappa shape index (κ2) is 6.10. The Kier molecular flexibility index (Phi) is 4.73. The highest BCUT2D eigenvalue weighted by Crippen LogP contribution is 2.03. The third-order valence-corrected chi connectivity index (χ3v) is 1.70. The highest BCUT2D eigenvalue weighted by atomic mass is 32.1. The molecule has 0 saturated heterocycles. The first-order chi connectivity index (χ1) is 7.18. The maximum atomic E-state index is 5.48. The molecule has 1 aromatic carbocycles. The summed E-state index contributed by atoms with van der Waals surface area (Å²) in [6, 6.07) is 9.55. The largest absolute Gasteiger partial charge is 0.331 e. The number of nitrogens with two attached hydrogens (primary N) is 1. The van der Waals surface area contributed by atoms with Gasteiger partial charge in [-0.25, -0.2) is 0 Å². The second-order valence-electron chi connectivity index (χ2n) is 3.07. The monoisotopic (exact) mass is 222 g/mol. The first-order valence-corrected chi connectivity index (χ1v) is 5.00. The zero-order valence-electron chi connectivity index (χ0n) is 8.47. The van der Waals surface area contributed by atoms with Crippen LogP contribution in [0, 0.1) is 0 Å². The van der Waals surface area contributed by atoms with Crippen LogP contribution in [-0.2, 0) is 0 Å². The molecule has 15 heavy (non-hydrogen) atoms. The lowest BCUT2D eigenvalue weighted by molar-refractivity contribution is 0.957. The van der Waals surface area contributed by atoms with Gasteiger partial charge in [-0.15, -0.1) is 0 Å². The van der Waals surface area contributed by atoms with Gasteiger partial charge in [-0.05, 0) is 31.3 Å². The van der Waals surface area contributed by atoms with Crippen molar-refractivity contribution in [3.63, 3.8) is 0 Å². The Morgan fingerprint density at radius 3 is 2.73 bits per heavy atom. The first-order valence-electron chi connectivity index (χ1n) is 4.59. The molecule has 4 nitrogen and oxygen atoms in total. The quantitative estimate of drug-likeness (QED) is 0.410. The lowest BCUT2D eigenvalue weighted by Gasteiger charge is -2.06. The van der Waals surface area contributed by atoms with Crippen LogP contribution in [0.2, 0.25) is 0 Å². The molecule has 0 heterocycles. The maximum absolute atomic E-state index is 5.48. The van der Waals surface area contributed by atoms with E-state index in [-0.39, 0.29) is 6.04 Å². The van der Waals surface area contributed by atoms with Gasteiger partial charge in [-0.2, -0.15) is 5.10 Å². The number of hydrazone groups is 1. The van der Waals surface area contributed by atoms with Crippen molar-refractivity contribution in [2.45, 2.75) is 13.0 Å². The number of benzene rings is 1. The molecule has 0 aliphatic carbocycles. The van der Waals surface area contributed by atoms with Gasteiger partial charge in [0, 0.05) is 17.9 Å². The van der Waals surface area contributed by atoms with Crippen molar-refractivity contribution in [3.05, 3.63) is 30.3 Å². The number of hydrogen-bond donors (Lipinski definition) is 3. The van der Waals surface area contributed by atoms with Crippen molar-refractivity contribution in [2.75, 3.05) is 5.32 Å². The van der Waals surface area contributed by atoms with E-state index < -0.39 is 0 Å².